The van der Waals surface area contributed by atoms with Crippen LogP contribution in [0.25, 0.3) is 0 Å². The Kier molecular flexibility index (Phi) is 4.29. The van der Waals surface area contributed by atoms with Gasteiger partial charge >= 0.3 is 0 Å². The normalized spacial score (nSPS) is 11.5. The third-order valence-corrected chi connectivity index (χ3v) is 3.91. The largest absolute Gasteiger partial charge is 0.454 e. The van der Waals surface area contributed by atoms with Crippen LogP contribution in [-0.2, 0) is 0 Å². The zero-order valence-corrected chi connectivity index (χ0v) is 14.1. The molecule has 2 N–H and O–H groups in total. The molecule has 0 unspecified atom stereocenters. The maximum atomic E-state index is 12.5. The Hall–Kier alpha value is -4.05. The van der Waals surface area contributed by atoms with Crippen molar-refractivity contribution in [2.75, 3.05) is 17.4 Å². The van der Waals surface area contributed by atoms with Crippen molar-refractivity contribution in [3.05, 3.63) is 72.1 Å². The van der Waals surface area contributed by atoms with Crippen LogP contribution in [0.3, 0.4) is 0 Å². The standard InChI is InChI=1S/C20H14N4O3/c21-9-13-2-1-3-15(6-13)23-17-7-14(10-22-11-17)20(25)24-16-4-5-18-19(8-16)27-12-26-18/h1-8,10-11,23H,12H2,(H,24,25). The highest BCUT2D eigenvalue weighted by atomic mass is 16.7. The molecule has 1 aliphatic rings. The molecule has 0 radical (unpaired) electrons. The van der Waals surface area contributed by atoms with Crippen molar-refractivity contribution in [1.29, 1.82) is 5.26 Å². The Morgan fingerprint density at radius 3 is 2.78 bits per heavy atom. The Balaban J connectivity index is 1.50. The number of carbonyl (C=O) groups is 1. The second kappa shape index (κ2) is 7.06. The van der Waals surface area contributed by atoms with Gasteiger partial charge in [0.05, 0.1) is 29.1 Å². The van der Waals surface area contributed by atoms with Gasteiger partial charge in [0.15, 0.2) is 11.5 Å². The summed E-state index contributed by atoms with van der Waals surface area (Å²) in [6.07, 6.45) is 3.09. The van der Waals surface area contributed by atoms with Gasteiger partial charge < -0.3 is 20.1 Å². The van der Waals surface area contributed by atoms with Gasteiger partial charge in [0.1, 0.15) is 0 Å². The van der Waals surface area contributed by atoms with E-state index >= 15 is 0 Å². The molecule has 7 nitrogen and oxygen atoms in total. The smallest absolute Gasteiger partial charge is 0.257 e. The van der Waals surface area contributed by atoms with Crippen LogP contribution in [0.1, 0.15) is 15.9 Å². The first-order valence-electron chi connectivity index (χ1n) is 8.14. The second-order valence-electron chi connectivity index (χ2n) is 5.80. The first-order valence-corrected chi connectivity index (χ1v) is 8.14. The SMILES string of the molecule is N#Cc1cccc(Nc2cncc(C(=O)Nc3ccc4c(c3)OCO4)c2)c1. The van der Waals surface area contributed by atoms with E-state index in [2.05, 4.69) is 21.7 Å². The maximum absolute atomic E-state index is 12.5. The molecule has 2 aromatic carbocycles. The average Bonchev–Trinajstić information content (AvgIpc) is 3.16. The lowest BCUT2D eigenvalue weighted by Gasteiger charge is -2.09. The minimum absolute atomic E-state index is 0.178. The van der Waals surface area contributed by atoms with Gasteiger partial charge in [0.25, 0.3) is 5.91 Å². The molecule has 1 aliphatic heterocycles. The van der Waals surface area contributed by atoms with Crippen molar-refractivity contribution < 1.29 is 14.3 Å². The van der Waals surface area contributed by atoms with Crippen LogP contribution in [0, 0.1) is 11.3 Å². The van der Waals surface area contributed by atoms with Gasteiger partial charge in [-0.15, -0.1) is 0 Å². The van der Waals surface area contributed by atoms with Gasteiger partial charge in [-0.1, -0.05) is 6.07 Å². The lowest BCUT2D eigenvalue weighted by atomic mass is 10.2. The number of ether oxygens (including phenoxy) is 2. The fraction of sp³-hybridized carbons (Fsp3) is 0.0500. The molecule has 0 spiro atoms. The number of hydrogen-bond donors (Lipinski definition) is 2. The molecule has 0 atom stereocenters. The van der Waals surface area contributed by atoms with Crippen LogP contribution < -0.4 is 20.1 Å². The molecule has 0 saturated carbocycles. The lowest BCUT2D eigenvalue weighted by molar-refractivity contribution is 0.102. The predicted molar refractivity (Wildman–Crippen MR) is 99.2 cm³/mol. The maximum Gasteiger partial charge on any atom is 0.257 e. The molecular formula is C20H14N4O3. The summed E-state index contributed by atoms with van der Waals surface area (Å²) in [5.74, 6) is 0.954. The van der Waals surface area contributed by atoms with Gasteiger partial charge in [0, 0.05) is 23.6 Å². The van der Waals surface area contributed by atoms with E-state index in [1.54, 1.807) is 48.7 Å². The third kappa shape index (κ3) is 3.65. The molecule has 1 amide bonds. The van der Waals surface area contributed by atoms with Crippen molar-refractivity contribution in [1.82, 2.24) is 4.98 Å². The summed E-state index contributed by atoms with van der Waals surface area (Å²) in [5.41, 5.74) is 2.93. The third-order valence-electron chi connectivity index (χ3n) is 3.91. The van der Waals surface area contributed by atoms with E-state index in [4.69, 9.17) is 14.7 Å². The molecule has 0 fully saturated rings. The molecule has 7 heteroatoms. The first kappa shape index (κ1) is 16.4. The number of fused-ring (bicyclic) bond motifs is 1. The Labute approximate surface area is 155 Å². The van der Waals surface area contributed by atoms with Crippen LogP contribution in [-0.4, -0.2) is 17.7 Å². The number of benzene rings is 2. The minimum Gasteiger partial charge on any atom is -0.454 e. The Morgan fingerprint density at radius 1 is 1.00 bits per heavy atom. The number of hydrogen-bond acceptors (Lipinski definition) is 6. The van der Waals surface area contributed by atoms with Crippen LogP contribution in [0.5, 0.6) is 11.5 Å². The average molecular weight is 358 g/mol. The number of aromatic nitrogens is 1. The summed E-state index contributed by atoms with van der Waals surface area (Å²) in [6.45, 7) is 0.178. The Morgan fingerprint density at radius 2 is 1.89 bits per heavy atom. The molecule has 1 aromatic heterocycles. The highest BCUT2D eigenvalue weighted by Crippen LogP contribution is 2.34. The summed E-state index contributed by atoms with van der Waals surface area (Å²) in [4.78, 5) is 16.6. The van der Waals surface area contributed by atoms with Gasteiger partial charge in [0.2, 0.25) is 6.79 Å². The second-order valence-corrected chi connectivity index (χ2v) is 5.80. The molecule has 27 heavy (non-hydrogen) atoms. The molecule has 4 rings (SSSR count). The van der Waals surface area contributed by atoms with Gasteiger partial charge in [-0.2, -0.15) is 5.26 Å². The van der Waals surface area contributed by atoms with Crippen molar-refractivity contribution in [2.24, 2.45) is 0 Å². The summed E-state index contributed by atoms with van der Waals surface area (Å²) < 4.78 is 10.6. The molecule has 0 aliphatic carbocycles. The monoisotopic (exact) mass is 358 g/mol. The van der Waals surface area contributed by atoms with Crippen LogP contribution >= 0.6 is 0 Å². The number of anilines is 3. The van der Waals surface area contributed by atoms with E-state index in [0.29, 0.717) is 34.0 Å². The van der Waals surface area contributed by atoms with E-state index in [9.17, 15) is 4.79 Å². The van der Waals surface area contributed by atoms with E-state index in [-0.39, 0.29) is 12.7 Å². The number of amides is 1. The molecule has 2 heterocycles. The van der Waals surface area contributed by atoms with E-state index in [0.717, 1.165) is 5.69 Å². The zero-order valence-electron chi connectivity index (χ0n) is 14.1. The summed E-state index contributed by atoms with van der Waals surface area (Å²) in [6, 6.07) is 16.0. The van der Waals surface area contributed by atoms with Crippen molar-refractivity contribution in [2.45, 2.75) is 0 Å². The van der Waals surface area contributed by atoms with E-state index in [1.807, 2.05) is 6.07 Å². The lowest BCUT2D eigenvalue weighted by Crippen LogP contribution is -2.12. The minimum atomic E-state index is -0.296. The van der Waals surface area contributed by atoms with Crippen molar-refractivity contribution in [3.63, 3.8) is 0 Å². The van der Waals surface area contributed by atoms with Crippen molar-refractivity contribution >= 4 is 23.0 Å². The molecule has 0 bridgehead atoms. The van der Waals surface area contributed by atoms with E-state index in [1.165, 1.54) is 6.20 Å². The predicted octanol–water partition coefficient (Wildman–Crippen LogP) is 3.68. The highest BCUT2D eigenvalue weighted by molar-refractivity contribution is 6.04. The summed E-state index contributed by atoms with van der Waals surface area (Å²) in [5, 5.41) is 14.9. The topological polar surface area (TPSA) is 96.3 Å². The number of nitrogens with one attached hydrogen (secondary N) is 2. The van der Waals surface area contributed by atoms with E-state index < -0.39 is 0 Å². The summed E-state index contributed by atoms with van der Waals surface area (Å²) >= 11 is 0. The molecule has 3 aromatic rings. The first-order chi connectivity index (χ1) is 13.2. The number of nitrogens with zero attached hydrogens (tertiary/aromatic N) is 2. The molecular weight excluding hydrogens is 344 g/mol. The fourth-order valence-electron chi connectivity index (χ4n) is 2.64. The van der Waals surface area contributed by atoms with Crippen LogP contribution in [0.2, 0.25) is 0 Å². The molecule has 132 valence electrons. The van der Waals surface area contributed by atoms with Gasteiger partial charge in [-0.25, -0.2) is 0 Å². The van der Waals surface area contributed by atoms with Crippen LogP contribution in [0.4, 0.5) is 17.1 Å². The number of carbonyl (C=O) groups excluding carboxylic acids is 1. The van der Waals surface area contributed by atoms with Crippen LogP contribution in [0.15, 0.2) is 60.9 Å². The summed E-state index contributed by atoms with van der Waals surface area (Å²) in [7, 11) is 0. The van der Waals surface area contributed by atoms with Gasteiger partial charge in [-0.3, -0.25) is 9.78 Å². The fourth-order valence-corrected chi connectivity index (χ4v) is 2.64. The quantitative estimate of drug-likeness (QED) is 0.738. The zero-order chi connectivity index (χ0) is 18.6. The number of rotatable bonds is 4. The number of pyridine rings is 1. The van der Waals surface area contributed by atoms with Crippen molar-refractivity contribution in [3.8, 4) is 17.6 Å². The highest BCUT2D eigenvalue weighted by Gasteiger charge is 2.15. The van der Waals surface area contributed by atoms with Gasteiger partial charge in [-0.05, 0) is 36.4 Å². The number of nitriles is 1. The molecule has 0 saturated heterocycles. The Bertz CT molecular complexity index is 1060.